The molecule has 1 heterocycles. The van der Waals surface area contributed by atoms with Gasteiger partial charge in [0.2, 0.25) is 15.9 Å². The van der Waals surface area contributed by atoms with Crippen molar-refractivity contribution in [2.75, 3.05) is 4.90 Å². The van der Waals surface area contributed by atoms with Crippen molar-refractivity contribution in [2.24, 2.45) is 5.14 Å². The molecule has 0 aromatic heterocycles. The first-order valence-corrected chi connectivity index (χ1v) is 9.65. The number of benzene rings is 2. The van der Waals surface area contributed by atoms with E-state index in [-0.39, 0.29) is 23.1 Å². The Hall–Kier alpha value is -2.26. The van der Waals surface area contributed by atoms with E-state index in [1.54, 1.807) is 36.4 Å². The molecular weight excluding hydrogens is 378 g/mol. The number of nitrogens with zero attached hydrogens (tertiary/aromatic N) is 1. The predicted molar refractivity (Wildman–Crippen MR) is 97.0 cm³/mol. The number of hydrogen-bond acceptors (Lipinski definition) is 5. The standard InChI is InChI=1S/C17H16ClN3O4S/c18-12-2-1-3-13(8-12)21-16(22)9-15(17(21)23)20-10-11-4-6-14(7-5-11)26(19,24)25/h1-8,15,20H,9-10H2,(H2,19,24,25)/t15-/m0/s1. The number of primary sulfonamides is 1. The molecule has 1 fully saturated rings. The third-order valence-electron chi connectivity index (χ3n) is 4.02. The van der Waals surface area contributed by atoms with Gasteiger partial charge >= 0.3 is 0 Å². The monoisotopic (exact) mass is 393 g/mol. The molecule has 3 rings (SSSR count). The summed E-state index contributed by atoms with van der Waals surface area (Å²) < 4.78 is 22.5. The molecule has 0 spiro atoms. The Balaban J connectivity index is 1.68. The second kappa shape index (κ2) is 7.16. The molecule has 0 radical (unpaired) electrons. The Morgan fingerprint density at radius 2 is 1.85 bits per heavy atom. The fraction of sp³-hybridized carbons (Fsp3) is 0.176. The van der Waals surface area contributed by atoms with Crippen LogP contribution < -0.4 is 15.4 Å². The summed E-state index contributed by atoms with van der Waals surface area (Å²) in [6, 6.07) is 11.9. The molecule has 3 N–H and O–H groups in total. The van der Waals surface area contributed by atoms with Gasteiger partial charge in [-0.2, -0.15) is 0 Å². The number of nitrogens with one attached hydrogen (secondary N) is 1. The van der Waals surface area contributed by atoms with Gasteiger partial charge in [0.05, 0.1) is 23.0 Å². The third-order valence-corrected chi connectivity index (χ3v) is 5.18. The van der Waals surface area contributed by atoms with Crippen molar-refractivity contribution < 1.29 is 18.0 Å². The van der Waals surface area contributed by atoms with Crippen molar-refractivity contribution >= 4 is 39.1 Å². The Morgan fingerprint density at radius 3 is 2.46 bits per heavy atom. The highest BCUT2D eigenvalue weighted by atomic mass is 35.5. The summed E-state index contributed by atoms with van der Waals surface area (Å²) in [6.45, 7) is 0.304. The van der Waals surface area contributed by atoms with Crippen LogP contribution in [0.2, 0.25) is 5.02 Å². The number of nitrogens with two attached hydrogens (primary N) is 1. The minimum absolute atomic E-state index is 0.0144. The molecule has 0 bridgehead atoms. The van der Waals surface area contributed by atoms with E-state index in [1.165, 1.54) is 12.1 Å². The molecule has 0 unspecified atom stereocenters. The highest BCUT2D eigenvalue weighted by Gasteiger charge is 2.39. The minimum atomic E-state index is -3.74. The van der Waals surface area contributed by atoms with Crippen molar-refractivity contribution in [3.8, 4) is 0 Å². The maximum atomic E-state index is 12.5. The van der Waals surface area contributed by atoms with Crippen LogP contribution in [0.5, 0.6) is 0 Å². The van der Waals surface area contributed by atoms with Crippen molar-refractivity contribution in [1.82, 2.24) is 5.32 Å². The first-order chi connectivity index (χ1) is 12.3. The van der Waals surface area contributed by atoms with Gasteiger partial charge in [0.25, 0.3) is 5.91 Å². The number of imide groups is 1. The maximum Gasteiger partial charge on any atom is 0.251 e. The molecule has 26 heavy (non-hydrogen) atoms. The Labute approximate surface area is 155 Å². The normalized spacial score (nSPS) is 17.8. The van der Waals surface area contributed by atoms with Crippen LogP contribution in [-0.4, -0.2) is 26.3 Å². The van der Waals surface area contributed by atoms with E-state index in [2.05, 4.69) is 5.32 Å². The Kier molecular flexibility index (Phi) is 5.10. The highest BCUT2D eigenvalue weighted by Crippen LogP contribution is 2.25. The summed E-state index contributed by atoms with van der Waals surface area (Å²) >= 11 is 5.92. The van der Waals surface area contributed by atoms with E-state index >= 15 is 0 Å². The molecule has 9 heteroatoms. The Morgan fingerprint density at radius 1 is 1.15 bits per heavy atom. The number of anilines is 1. The van der Waals surface area contributed by atoms with E-state index in [0.29, 0.717) is 17.3 Å². The largest absolute Gasteiger partial charge is 0.301 e. The van der Waals surface area contributed by atoms with Crippen molar-refractivity contribution in [3.05, 3.63) is 59.1 Å². The van der Waals surface area contributed by atoms with Gasteiger partial charge in [0.15, 0.2) is 0 Å². The number of hydrogen-bond donors (Lipinski definition) is 2. The summed E-state index contributed by atoms with van der Waals surface area (Å²) in [4.78, 5) is 25.9. The smallest absolute Gasteiger partial charge is 0.251 e. The van der Waals surface area contributed by atoms with Gasteiger partial charge in [0, 0.05) is 11.6 Å². The third kappa shape index (κ3) is 3.94. The quantitative estimate of drug-likeness (QED) is 0.746. The van der Waals surface area contributed by atoms with E-state index in [4.69, 9.17) is 16.7 Å². The van der Waals surface area contributed by atoms with Crippen LogP contribution in [0.1, 0.15) is 12.0 Å². The first-order valence-electron chi connectivity index (χ1n) is 7.73. The number of sulfonamides is 1. The van der Waals surface area contributed by atoms with Gasteiger partial charge < -0.3 is 5.32 Å². The maximum absolute atomic E-state index is 12.5. The van der Waals surface area contributed by atoms with E-state index in [0.717, 1.165) is 10.5 Å². The number of carbonyl (C=O) groups excluding carboxylic acids is 2. The Bertz CT molecular complexity index is 960. The van der Waals surface area contributed by atoms with Gasteiger partial charge in [-0.3, -0.25) is 9.59 Å². The van der Waals surface area contributed by atoms with Gasteiger partial charge in [-0.15, -0.1) is 0 Å². The predicted octanol–water partition coefficient (Wildman–Crippen LogP) is 1.41. The van der Waals surface area contributed by atoms with Crippen LogP contribution in [-0.2, 0) is 26.2 Å². The van der Waals surface area contributed by atoms with Gasteiger partial charge in [-0.1, -0.05) is 29.8 Å². The number of halogens is 1. The second-order valence-electron chi connectivity index (χ2n) is 5.87. The lowest BCUT2D eigenvalue weighted by atomic mass is 10.2. The fourth-order valence-electron chi connectivity index (χ4n) is 2.72. The van der Waals surface area contributed by atoms with Crippen LogP contribution in [0.4, 0.5) is 5.69 Å². The molecule has 1 atom stereocenters. The molecule has 1 aliphatic heterocycles. The van der Waals surface area contributed by atoms with Crippen LogP contribution in [0.25, 0.3) is 0 Å². The molecule has 1 saturated heterocycles. The molecule has 0 aliphatic carbocycles. The zero-order valence-corrected chi connectivity index (χ0v) is 15.1. The molecule has 2 aromatic carbocycles. The average molecular weight is 394 g/mol. The van der Waals surface area contributed by atoms with Gasteiger partial charge in [-0.25, -0.2) is 18.5 Å². The number of amides is 2. The highest BCUT2D eigenvalue weighted by molar-refractivity contribution is 7.89. The van der Waals surface area contributed by atoms with Crippen LogP contribution in [0.15, 0.2) is 53.4 Å². The lowest BCUT2D eigenvalue weighted by molar-refractivity contribution is -0.121. The van der Waals surface area contributed by atoms with Crippen LogP contribution in [0, 0.1) is 0 Å². The number of carbonyl (C=O) groups is 2. The van der Waals surface area contributed by atoms with Crippen molar-refractivity contribution in [2.45, 2.75) is 23.9 Å². The average Bonchev–Trinajstić information content (AvgIpc) is 2.86. The topological polar surface area (TPSA) is 110 Å². The molecule has 1 aliphatic rings. The molecule has 2 amide bonds. The van der Waals surface area contributed by atoms with Crippen molar-refractivity contribution in [3.63, 3.8) is 0 Å². The van der Waals surface area contributed by atoms with E-state index in [9.17, 15) is 18.0 Å². The molecule has 7 nitrogen and oxygen atoms in total. The second-order valence-corrected chi connectivity index (χ2v) is 7.87. The summed E-state index contributed by atoms with van der Waals surface area (Å²) in [7, 11) is -3.74. The number of rotatable bonds is 5. The van der Waals surface area contributed by atoms with Gasteiger partial charge in [-0.05, 0) is 35.9 Å². The zero-order valence-electron chi connectivity index (χ0n) is 13.6. The summed E-state index contributed by atoms with van der Waals surface area (Å²) in [6.07, 6.45) is 0.0423. The SMILES string of the molecule is NS(=O)(=O)c1ccc(CN[C@H]2CC(=O)N(c3cccc(Cl)c3)C2=O)cc1. The zero-order chi connectivity index (χ0) is 18.9. The molecule has 0 saturated carbocycles. The summed E-state index contributed by atoms with van der Waals surface area (Å²) in [5.41, 5.74) is 1.20. The van der Waals surface area contributed by atoms with Gasteiger partial charge in [0.1, 0.15) is 0 Å². The fourth-order valence-corrected chi connectivity index (χ4v) is 3.42. The molecular formula is C17H16ClN3O4S. The first kappa shape index (κ1) is 18.5. The van der Waals surface area contributed by atoms with E-state index in [1.807, 2.05) is 0 Å². The van der Waals surface area contributed by atoms with Crippen LogP contribution in [0.3, 0.4) is 0 Å². The summed E-state index contributed by atoms with van der Waals surface area (Å²) in [5, 5.41) is 8.52. The lowest BCUT2D eigenvalue weighted by Crippen LogP contribution is -2.38. The van der Waals surface area contributed by atoms with E-state index < -0.39 is 16.1 Å². The summed E-state index contributed by atoms with van der Waals surface area (Å²) in [5.74, 6) is -0.655. The van der Waals surface area contributed by atoms with Crippen molar-refractivity contribution in [1.29, 1.82) is 0 Å². The molecule has 136 valence electrons. The minimum Gasteiger partial charge on any atom is -0.301 e. The van der Waals surface area contributed by atoms with Crippen LogP contribution >= 0.6 is 11.6 Å². The lowest BCUT2D eigenvalue weighted by Gasteiger charge is -2.16. The molecule has 2 aromatic rings.